The van der Waals surface area contributed by atoms with E-state index in [1.165, 1.54) is 12.1 Å². The lowest BCUT2D eigenvalue weighted by Crippen LogP contribution is -2.13. The molecule has 0 saturated carbocycles. The SMILES string of the molecule is NC(=O)c1ccc(NC(=O)CCc2nc(-c3cc4ccccc4[nH]c3=O)no2)cc1. The van der Waals surface area contributed by atoms with E-state index in [2.05, 4.69) is 20.4 Å². The molecule has 0 unspecified atom stereocenters. The van der Waals surface area contributed by atoms with Crippen molar-refractivity contribution in [1.29, 1.82) is 0 Å². The van der Waals surface area contributed by atoms with Crippen molar-refractivity contribution in [3.63, 3.8) is 0 Å². The van der Waals surface area contributed by atoms with E-state index >= 15 is 0 Å². The number of hydrogen-bond acceptors (Lipinski definition) is 6. The van der Waals surface area contributed by atoms with Crippen molar-refractivity contribution in [3.8, 4) is 11.4 Å². The zero-order chi connectivity index (χ0) is 21.1. The highest BCUT2D eigenvalue weighted by Crippen LogP contribution is 2.17. The van der Waals surface area contributed by atoms with Crippen molar-refractivity contribution in [2.45, 2.75) is 12.8 Å². The minimum atomic E-state index is -0.537. The maximum absolute atomic E-state index is 12.3. The van der Waals surface area contributed by atoms with Crippen LogP contribution in [0.3, 0.4) is 0 Å². The summed E-state index contributed by atoms with van der Waals surface area (Å²) in [6, 6.07) is 15.3. The van der Waals surface area contributed by atoms with Crippen LogP contribution in [0.25, 0.3) is 22.3 Å². The van der Waals surface area contributed by atoms with Gasteiger partial charge in [-0.1, -0.05) is 23.4 Å². The number of para-hydroxylation sites is 1. The van der Waals surface area contributed by atoms with Gasteiger partial charge in [-0.05, 0) is 41.8 Å². The molecule has 2 aromatic carbocycles. The Labute approximate surface area is 169 Å². The molecule has 9 heteroatoms. The first-order valence-electron chi connectivity index (χ1n) is 9.14. The van der Waals surface area contributed by atoms with Gasteiger partial charge in [0.25, 0.3) is 5.56 Å². The molecule has 2 heterocycles. The molecule has 0 spiro atoms. The van der Waals surface area contributed by atoms with Gasteiger partial charge in [0.15, 0.2) is 0 Å². The fraction of sp³-hybridized carbons (Fsp3) is 0.0952. The van der Waals surface area contributed by atoms with Crippen LogP contribution in [0, 0.1) is 0 Å². The number of hydrogen-bond donors (Lipinski definition) is 3. The number of carbonyl (C=O) groups excluding carboxylic acids is 2. The van der Waals surface area contributed by atoms with Crippen LogP contribution in [0.1, 0.15) is 22.7 Å². The number of amides is 2. The maximum Gasteiger partial charge on any atom is 0.259 e. The van der Waals surface area contributed by atoms with Crippen molar-refractivity contribution in [3.05, 3.63) is 76.4 Å². The van der Waals surface area contributed by atoms with Gasteiger partial charge in [0.05, 0.1) is 5.56 Å². The zero-order valence-corrected chi connectivity index (χ0v) is 15.7. The van der Waals surface area contributed by atoms with E-state index < -0.39 is 5.91 Å². The molecule has 0 radical (unpaired) electrons. The predicted molar refractivity (Wildman–Crippen MR) is 110 cm³/mol. The highest BCUT2D eigenvalue weighted by atomic mass is 16.5. The standard InChI is InChI=1S/C21H17N5O4/c22-19(28)12-5-7-14(8-6-12)23-17(27)9-10-18-25-20(26-30-18)15-11-13-3-1-2-4-16(13)24-21(15)29/h1-8,11H,9-10H2,(H2,22,28)(H,23,27)(H,24,29). The van der Waals surface area contributed by atoms with Crippen molar-refractivity contribution in [1.82, 2.24) is 15.1 Å². The number of aromatic nitrogens is 3. The Kier molecular flexibility index (Phi) is 5.08. The molecule has 4 aromatic rings. The van der Waals surface area contributed by atoms with E-state index in [0.29, 0.717) is 16.8 Å². The number of H-pyrrole nitrogens is 1. The third kappa shape index (κ3) is 4.09. The number of aryl methyl sites for hydroxylation is 1. The second kappa shape index (κ2) is 8.00. The molecule has 0 atom stereocenters. The minimum absolute atomic E-state index is 0.104. The first kappa shape index (κ1) is 19.1. The third-order valence-electron chi connectivity index (χ3n) is 4.48. The number of carbonyl (C=O) groups is 2. The third-order valence-corrected chi connectivity index (χ3v) is 4.48. The summed E-state index contributed by atoms with van der Waals surface area (Å²) in [6.07, 6.45) is 0.316. The number of primary amides is 1. The fourth-order valence-electron chi connectivity index (χ4n) is 2.94. The Balaban J connectivity index is 1.41. The van der Waals surface area contributed by atoms with E-state index in [-0.39, 0.29) is 36.0 Å². The smallest absolute Gasteiger partial charge is 0.259 e. The van der Waals surface area contributed by atoms with E-state index in [1.54, 1.807) is 18.2 Å². The monoisotopic (exact) mass is 403 g/mol. The molecular weight excluding hydrogens is 386 g/mol. The van der Waals surface area contributed by atoms with E-state index in [1.807, 2.05) is 24.3 Å². The molecule has 0 aliphatic rings. The molecule has 4 N–H and O–H groups in total. The number of anilines is 1. The van der Waals surface area contributed by atoms with Crippen LogP contribution in [0.5, 0.6) is 0 Å². The van der Waals surface area contributed by atoms with Gasteiger partial charge in [0.2, 0.25) is 23.5 Å². The maximum atomic E-state index is 12.3. The lowest BCUT2D eigenvalue weighted by Gasteiger charge is -2.04. The number of fused-ring (bicyclic) bond motifs is 1. The average molecular weight is 403 g/mol. The van der Waals surface area contributed by atoms with Crippen molar-refractivity contribution >= 4 is 28.4 Å². The largest absolute Gasteiger partial charge is 0.366 e. The second-order valence-corrected chi connectivity index (χ2v) is 6.60. The first-order chi connectivity index (χ1) is 14.5. The minimum Gasteiger partial charge on any atom is -0.366 e. The molecule has 150 valence electrons. The number of aromatic amines is 1. The summed E-state index contributed by atoms with van der Waals surface area (Å²) in [7, 11) is 0. The zero-order valence-electron chi connectivity index (χ0n) is 15.7. The van der Waals surface area contributed by atoms with Gasteiger partial charge < -0.3 is 20.6 Å². The van der Waals surface area contributed by atoms with Gasteiger partial charge in [-0.25, -0.2) is 0 Å². The lowest BCUT2D eigenvalue weighted by molar-refractivity contribution is -0.116. The Hall–Kier alpha value is -4.27. The van der Waals surface area contributed by atoms with Crippen LogP contribution in [0.15, 0.2) is 63.9 Å². The van der Waals surface area contributed by atoms with E-state index in [0.717, 1.165) is 10.9 Å². The molecule has 9 nitrogen and oxygen atoms in total. The van der Waals surface area contributed by atoms with Crippen LogP contribution in [-0.4, -0.2) is 26.9 Å². The predicted octanol–water partition coefficient (Wildman–Crippen LogP) is 2.25. The normalized spacial score (nSPS) is 10.8. The number of rotatable bonds is 6. The molecule has 0 aliphatic carbocycles. The number of nitrogens with one attached hydrogen (secondary N) is 2. The fourth-order valence-corrected chi connectivity index (χ4v) is 2.94. The molecular formula is C21H17N5O4. The summed E-state index contributed by atoms with van der Waals surface area (Å²) in [5, 5.41) is 7.42. The number of nitrogens with two attached hydrogens (primary N) is 1. The van der Waals surface area contributed by atoms with Gasteiger partial charge in [-0.15, -0.1) is 0 Å². The molecule has 4 rings (SSSR count). The van der Waals surface area contributed by atoms with Crippen LogP contribution in [0.4, 0.5) is 5.69 Å². The quantitative estimate of drug-likeness (QED) is 0.450. The van der Waals surface area contributed by atoms with E-state index in [4.69, 9.17) is 10.3 Å². The molecule has 2 aromatic heterocycles. The van der Waals surface area contributed by atoms with Crippen molar-refractivity contribution < 1.29 is 14.1 Å². The van der Waals surface area contributed by atoms with Crippen molar-refractivity contribution in [2.75, 3.05) is 5.32 Å². The summed E-state index contributed by atoms with van der Waals surface area (Å²) in [5.74, 6) is -0.383. The van der Waals surface area contributed by atoms with Crippen molar-refractivity contribution in [2.24, 2.45) is 5.73 Å². The second-order valence-electron chi connectivity index (χ2n) is 6.60. The van der Waals surface area contributed by atoms with Crippen LogP contribution >= 0.6 is 0 Å². The molecule has 0 fully saturated rings. The first-order valence-corrected chi connectivity index (χ1v) is 9.14. The van der Waals surface area contributed by atoms with Gasteiger partial charge >= 0.3 is 0 Å². The molecule has 30 heavy (non-hydrogen) atoms. The summed E-state index contributed by atoms with van der Waals surface area (Å²) < 4.78 is 5.18. The summed E-state index contributed by atoms with van der Waals surface area (Å²) in [4.78, 5) is 42.5. The van der Waals surface area contributed by atoms with Crippen LogP contribution in [-0.2, 0) is 11.2 Å². The topological polar surface area (TPSA) is 144 Å². The Bertz CT molecular complexity index is 1290. The number of benzene rings is 2. The summed E-state index contributed by atoms with van der Waals surface area (Å²) >= 11 is 0. The van der Waals surface area contributed by atoms with Gasteiger partial charge in [0, 0.05) is 29.6 Å². The summed E-state index contributed by atoms with van der Waals surface area (Å²) in [5.41, 5.74) is 6.78. The average Bonchev–Trinajstić information content (AvgIpc) is 3.21. The molecule has 0 aliphatic heterocycles. The summed E-state index contributed by atoms with van der Waals surface area (Å²) in [6.45, 7) is 0. The molecule has 0 saturated heterocycles. The van der Waals surface area contributed by atoms with Crippen LogP contribution < -0.4 is 16.6 Å². The number of pyridine rings is 1. The molecule has 0 bridgehead atoms. The Morgan fingerprint density at radius 1 is 1.10 bits per heavy atom. The Morgan fingerprint density at radius 3 is 2.63 bits per heavy atom. The van der Waals surface area contributed by atoms with Gasteiger partial charge in [0.1, 0.15) is 0 Å². The van der Waals surface area contributed by atoms with E-state index in [9.17, 15) is 14.4 Å². The van der Waals surface area contributed by atoms with Gasteiger partial charge in [-0.3, -0.25) is 14.4 Å². The highest BCUT2D eigenvalue weighted by molar-refractivity contribution is 5.94. The highest BCUT2D eigenvalue weighted by Gasteiger charge is 2.14. The lowest BCUT2D eigenvalue weighted by atomic mass is 10.1. The van der Waals surface area contributed by atoms with Crippen LogP contribution in [0.2, 0.25) is 0 Å². The van der Waals surface area contributed by atoms with Gasteiger partial charge in [-0.2, -0.15) is 4.98 Å². The molecule has 2 amide bonds. The Morgan fingerprint density at radius 2 is 1.87 bits per heavy atom. The number of nitrogens with zero attached hydrogens (tertiary/aromatic N) is 2.